The summed E-state index contributed by atoms with van der Waals surface area (Å²) in [5.41, 5.74) is 0.731. The second-order valence-corrected chi connectivity index (χ2v) is 14.0. The summed E-state index contributed by atoms with van der Waals surface area (Å²) in [5, 5.41) is 5.97. The summed E-state index contributed by atoms with van der Waals surface area (Å²) < 4.78 is 10.9. The fourth-order valence-corrected chi connectivity index (χ4v) is 5.64. The van der Waals surface area contributed by atoms with Crippen LogP contribution in [-0.2, 0) is 25.7 Å². The van der Waals surface area contributed by atoms with Crippen molar-refractivity contribution in [2.45, 2.75) is 65.3 Å². The van der Waals surface area contributed by atoms with E-state index in [1.165, 1.54) is 11.2 Å². The van der Waals surface area contributed by atoms with Gasteiger partial charge < -0.3 is 24.7 Å². The van der Waals surface area contributed by atoms with Crippen LogP contribution in [0.5, 0.6) is 0 Å². The van der Waals surface area contributed by atoms with E-state index in [0.717, 1.165) is 5.56 Å². The van der Waals surface area contributed by atoms with E-state index >= 15 is 0 Å². The summed E-state index contributed by atoms with van der Waals surface area (Å²) in [6.45, 7) is 8.04. The Kier molecular flexibility index (Phi) is 13.1. The van der Waals surface area contributed by atoms with Gasteiger partial charge in [-0.3, -0.25) is 19.2 Å². The zero-order chi connectivity index (χ0) is 37.3. The lowest BCUT2D eigenvalue weighted by Crippen LogP contribution is -2.54. The number of benzene rings is 3. The van der Waals surface area contributed by atoms with Gasteiger partial charge in [0, 0.05) is 24.1 Å². The third-order valence-corrected chi connectivity index (χ3v) is 8.13. The summed E-state index contributed by atoms with van der Waals surface area (Å²) >= 11 is 12.6. The van der Waals surface area contributed by atoms with Crippen LogP contribution in [0.15, 0.2) is 89.5 Å². The summed E-state index contributed by atoms with van der Waals surface area (Å²) in [6.07, 6.45) is 0.654. The monoisotopic (exact) mass is 734 g/mol. The Morgan fingerprint density at radius 2 is 1.47 bits per heavy atom. The highest BCUT2D eigenvalue weighted by Crippen LogP contribution is 2.34. The molecule has 2 atom stereocenters. The number of ketones is 1. The fraction of sp³-hybridized carbons (Fsp3) is 0.316. The summed E-state index contributed by atoms with van der Waals surface area (Å²) in [5.74, 6) is -3.95. The molecule has 4 rings (SSSR count). The van der Waals surface area contributed by atoms with E-state index in [4.69, 9.17) is 32.4 Å². The molecule has 3 aromatic carbocycles. The van der Waals surface area contributed by atoms with Gasteiger partial charge in [0.1, 0.15) is 29.6 Å². The molecule has 1 heterocycles. The Labute approximate surface area is 306 Å². The minimum absolute atomic E-state index is 0.0251. The van der Waals surface area contributed by atoms with Gasteiger partial charge in [-0.2, -0.15) is 0 Å². The van der Waals surface area contributed by atoms with Gasteiger partial charge in [-0.1, -0.05) is 91.6 Å². The summed E-state index contributed by atoms with van der Waals surface area (Å²) in [6, 6.07) is 19.9. The van der Waals surface area contributed by atoms with Crippen LogP contribution < -0.4 is 10.6 Å². The first-order valence-electron chi connectivity index (χ1n) is 16.3. The molecule has 0 unspecified atom stereocenters. The van der Waals surface area contributed by atoms with Crippen molar-refractivity contribution in [2.75, 3.05) is 6.54 Å². The second-order valence-electron chi connectivity index (χ2n) is 13.2. The average Bonchev–Trinajstić information content (AvgIpc) is 3.56. The normalized spacial score (nSPS) is 12.5. The minimum atomic E-state index is -1.46. The molecule has 268 valence electrons. The molecule has 0 spiro atoms. The van der Waals surface area contributed by atoms with Gasteiger partial charge in [0.05, 0.1) is 16.6 Å². The standard InChI is InChI=1S/C38H40Cl2N4O7/c1-23(2)33(43-34(47)25-15-10-7-11-16-25)36(48)44(20-24-13-8-6-9-14-24)21-31(46)41-28(37(49)51-38(3,4)5)19-30(45)35-42-29(22-50-35)32-26(39)17-12-18-27(32)40/h6-18,22-23,28,33H,19-21H2,1-5H3,(H,41,46)(H,43,47)/t28-,33-/m0/s1. The number of hydrogen-bond acceptors (Lipinski definition) is 8. The van der Waals surface area contributed by atoms with Gasteiger partial charge in [-0.05, 0) is 56.5 Å². The number of carbonyl (C=O) groups is 5. The smallest absolute Gasteiger partial charge is 0.329 e. The van der Waals surface area contributed by atoms with E-state index in [-0.39, 0.29) is 24.0 Å². The minimum Gasteiger partial charge on any atom is -0.458 e. The molecule has 51 heavy (non-hydrogen) atoms. The second kappa shape index (κ2) is 17.3. The zero-order valence-electron chi connectivity index (χ0n) is 28.9. The third-order valence-electron chi connectivity index (χ3n) is 7.50. The highest BCUT2D eigenvalue weighted by Gasteiger charge is 2.34. The van der Waals surface area contributed by atoms with Crippen LogP contribution >= 0.6 is 23.2 Å². The Hall–Kier alpha value is -5.00. The van der Waals surface area contributed by atoms with Gasteiger partial charge in [0.2, 0.25) is 17.6 Å². The van der Waals surface area contributed by atoms with Gasteiger partial charge >= 0.3 is 5.97 Å². The number of oxazole rings is 1. The zero-order valence-corrected chi connectivity index (χ0v) is 30.5. The highest BCUT2D eigenvalue weighted by molar-refractivity contribution is 6.39. The molecule has 13 heteroatoms. The van der Waals surface area contributed by atoms with Crippen molar-refractivity contribution in [3.05, 3.63) is 112 Å². The van der Waals surface area contributed by atoms with Crippen LogP contribution in [0.2, 0.25) is 10.0 Å². The largest absolute Gasteiger partial charge is 0.458 e. The third kappa shape index (κ3) is 11.0. The Bertz CT molecular complexity index is 1840. The Morgan fingerprint density at radius 1 is 0.863 bits per heavy atom. The number of ether oxygens (including phenoxy) is 1. The molecular weight excluding hydrogens is 695 g/mol. The lowest BCUT2D eigenvalue weighted by Gasteiger charge is -2.30. The van der Waals surface area contributed by atoms with Gasteiger partial charge in [0.15, 0.2) is 0 Å². The number of nitrogens with zero attached hydrogens (tertiary/aromatic N) is 2. The van der Waals surface area contributed by atoms with Crippen molar-refractivity contribution in [3.63, 3.8) is 0 Å². The number of nitrogens with one attached hydrogen (secondary N) is 2. The van der Waals surface area contributed by atoms with E-state index < -0.39 is 60.1 Å². The number of hydrogen-bond donors (Lipinski definition) is 2. The number of rotatable bonds is 14. The molecule has 0 radical (unpaired) electrons. The lowest BCUT2D eigenvalue weighted by atomic mass is 10.0. The van der Waals surface area contributed by atoms with Crippen LogP contribution in [0.4, 0.5) is 0 Å². The lowest BCUT2D eigenvalue weighted by molar-refractivity contribution is -0.158. The molecule has 0 aliphatic rings. The number of esters is 1. The number of Topliss-reactive ketones (excluding diaryl/α,β-unsaturated/α-hetero) is 1. The van der Waals surface area contributed by atoms with Crippen LogP contribution in [-0.4, -0.2) is 63.6 Å². The highest BCUT2D eigenvalue weighted by atomic mass is 35.5. The first-order valence-corrected chi connectivity index (χ1v) is 17.0. The number of amides is 3. The van der Waals surface area contributed by atoms with Crippen LogP contribution in [0, 0.1) is 5.92 Å². The molecule has 2 N–H and O–H groups in total. The Balaban J connectivity index is 1.57. The average molecular weight is 736 g/mol. The molecule has 0 fully saturated rings. The molecule has 0 aliphatic carbocycles. The summed E-state index contributed by atoms with van der Waals surface area (Å²) in [7, 11) is 0. The maximum Gasteiger partial charge on any atom is 0.329 e. The molecule has 0 saturated carbocycles. The first kappa shape index (κ1) is 38.8. The number of carbonyl (C=O) groups excluding carboxylic acids is 5. The van der Waals surface area contributed by atoms with Crippen LogP contribution in [0.3, 0.4) is 0 Å². The number of halogens is 2. The Morgan fingerprint density at radius 3 is 2.06 bits per heavy atom. The van der Waals surface area contributed by atoms with Crippen molar-refractivity contribution in [1.82, 2.24) is 20.5 Å². The molecule has 0 aliphatic heterocycles. The quantitative estimate of drug-likeness (QED) is 0.110. The molecule has 0 bridgehead atoms. The van der Waals surface area contributed by atoms with Crippen LogP contribution in [0.25, 0.3) is 11.3 Å². The molecule has 4 aromatic rings. The van der Waals surface area contributed by atoms with Crippen molar-refractivity contribution in [2.24, 2.45) is 5.92 Å². The maximum absolute atomic E-state index is 14.1. The van der Waals surface area contributed by atoms with Gasteiger partial charge in [-0.15, -0.1) is 0 Å². The van der Waals surface area contributed by atoms with Crippen molar-refractivity contribution in [1.29, 1.82) is 0 Å². The molecule has 3 amide bonds. The van der Waals surface area contributed by atoms with E-state index in [1.54, 1.807) is 107 Å². The van der Waals surface area contributed by atoms with E-state index in [0.29, 0.717) is 21.2 Å². The van der Waals surface area contributed by atoms with Crippen LogP contribution in [0.1, 0.15) is 67.6 Å². The number of aromatic nitrogens is 1. The van der Waals surface area contributed by atoms with Crippen molar-refractivity contribution in [3.8, 4) is 11.3 Å². The molecule has 0 saturated heterocycles. The fourth-order valence-electron chi connectivity index (χ4n) is 5.05. The predicted octanol–water partition coefficient (Wildman–Crippen LogP) is 6.53. The topological polar surface area (TPSA) is 148 Å². The van der Waals surface area contributed by atoms with Crippen molar-refractivity contribution < 1.29 is 33.1 Å². The maximum atomic E-state index is 14.1. The van der Waals surface area contributed by atoms with E-state index in [9.17, 15) is 24.0 Å². The molecule has 1 aromatic heterocycles. The predicted molar refractivity (Wildman–Crippen MR) is 193 cm³/mol. The summed E-state index contributed by atoms with van der Waals surface area (Å²) in [4.78, 5) is 73.1. The van der Waals surface area contributed by atoms with E-state index in [2.05, 4.69) is 15.6 Å². The SMILES string of the molecule is CC(C)[C@H](NC(=O)c1ccccc1)C(=O)N(CC(=O)N[C@@H](CC(=O)c1nc(-c2c(Cl)cccc2Cl)co1)C(=O)OC(C)(C)C)Cc1ccccc1. The first-order chi connectivity index (χ1) is 24.1. The molecule has 11 nitrogen and oxygen atoms in total. The molecular formula is C38H40Cl2N4O7. The van der Waals surface area contributed by atoms with Gasteiger partial charge in [-0.25, -0.2) is 9.78 Å². The van der Waals surface area contributed by atoms with Gasteiger partial charge in [0.25, 0.3) is 11.8 Å². The van der Waals surface area contributed by atoms with Crippen molar-refractivity contribution >= 4 is 52.7 Å². The van der Waals surface area contributed by atoms with E-state index in [1.807, 2.05) is 6.07 Å².